The molecule has 1 fully saturated rings. The van der Waals surface area contributed by atoms with E-state index in [1.54, 1.807) is 41.0 Å². The van der Waals surface area contributed by atoms with Gasteiger partial charge in [-0.3, -0.25) is 14.4 Å². The number of anilines is 1. The van der Waals surface area contributed by atoms with Gasteiger partial charge in [-0.25, -0.2) is 0 Å². The second-order valence-corrected chi connectivity index (χ2v) is 7.51. The predicted molar refractivity (Wildman–Crippen MR) is 106 cm³/mol. The summed E-state index contributed by atoms with van der Waals surface area (Å²) in [4.78, 5) is 39.4. The summed E-state index contributed by atoms with van der Waals surface area (Å²) in [5.74, 6) is -0.0517. The maximum atomic E-state index is 12.3. The largest absolute Gasteiger partial charge is 0.376 e. The minimum absolute atomic E-state index is 0.00437. The molecule has 0 bridgehead atoms. The summed E-state index contributed by atoms with van der Waals surface area (Å²) < 4.78 is 0. The molecule has 0 atom stereocenters. The molecule has 0 aromatic heterocycles. The van der Waals surface area contributed by atoms with Crippen molar-refractivity contribution >= 4 is 23.4 Å². The molecule has 2 N–H and O–H groups in total. The van der Waals surface area contributed by atoms with E-state index in [0.29, 0.717) is 31.7 Å². The van der Waals surface area contributed by atoms with Crippen LogP contribution in [0.1, 0.15) is 44.5 Å². The topological polar surface area (TPSA) is 81.8 Å². The van der Waals surface area contributed by atoms with Gasteiger partial charge in [0.25, 0.3) is 5.91 Å². The number of hydrogen-bond acceptors (Lipinski definition) is 4. The van der Waals surface area contributed by atoms with E-state index in [-0.39, 0.29) is 29.8 Å². The molecule has 1 aliphatic rings. The first-order valence-corrected chi connectivity index (χ1v) is 9.41. The number of nitrogens with zero attached hydrogens (tertiary/aromatic N) is 2. The number of carbonyl (C=O) groups excluding carboxylic acids is 3. The third-order valence-corrected chi connectivity index (χ3v) is 5.00. The van der Waals surface area contributed by atoms with Crippen LogP contribution in [0.15, 0.2) is 24.3 Å². The van der Waals surface area contributed by atoms with Gasteiger partial charge in [-0.1, -0.05) is 6.92 Å². The van der Waals surface area contributed by atoms with Gasteiger partial charge in [0.05, 0.1) is 6.54 Å². The minimum atomic E-state index is -0.243. The molecule has 0 radical (unpaired) electrons. The Balaban J connectivity index is 1.82. The van der Waals surface area contributed by atoms with Gasteiger partial charge in [0.15, 0.2) is 0 Å². The lowest BCUT2D eigenvalue weighted by molar-refractivity contribution is -0.137. The predicted octanol–water partition coefficient (Wildman–Crippen LogP) is 1.71. The smallest absolute Gasteiger partial charge is 0.251 e. The first kappa shape index (κ1) is 20.7. The Labute approximate surface area is 161 Å². The fraction of sp³-hybridized carbons (Fsp3) is 0.550. The van der Waals surface area contributed by atoms with Crippen molar-refractivity contribution < 1.29 is 14.4 Å². The molecule has 0 saturated carbocycles. The lowest BCUT2D eigenvalue weighted by atomic mass is 10.0. The molecule has 1 saturated heterocycles. The van der Waals surface area contributed by atoms with Crippen LogP contribution in [0, 0.1) is 0 Å². The molecule has 7 heteroatoms. The van der Waals surface area contributed by atoms with Gasteiger partial charge in [-0.05, 0) is 44.5 Å². The molecule has 0 spiro atoms. The molecule has 7 nitrogen and oxygen atoms in total. The SMILES string of the molecule is CCC(C)(C)NC(=O)c1ccc(NCC(=O)N2CCN(C(C)=O)CC2)cc1. The van der Waals surface area contributed by atoms with Crippen molar-refractivity contribution in [3.05, 3.63) is 29.8 Å². The van der Waals surface area contributed by atoms with E-state index in [1.165, 1.54) is 0 Å². The number of benzene rings is 1. The van der Waals surface area contributed by atoms with Crippen molar-refractivity contribution in [2.45, 2.75) is 39.7 Å². The van der Waals surface area contributed by atoms with E-state index >= 15 is 0 Å². The van der Waals surface area contributed by atoms with E-state index in [9.17, 15) is 14.4 Å². The van der Waals surface area contributed by atoms with Crippen LogP contribution in [-0.4, -0.2) is 65.8 Å². The molecule has 1 heterocycles. The van der Waals surface area contributed by atoms with Crippen LogP contribution in [0.2, 0.25) is 0 Å². The van der Waals surface area contributed by atoms with E-state index in [0.717, 1.165) is 12.1 Å². The van der Waals surface area contributed by atoms with E-state index in [1.807, 2.05) is 20.8 Å². The van der Waals surface area contributed by atoms with E-state index < -0.39 is 0 Å². The highest BCUT2D eigenvalue weighted by Gasteiger charge is 2.22. The maximum Gasteiger partial charge on any atom is 0.251 e. The summed E-state index contributed by atoms with van der Waals surface area (Å²) in [6.45, 7) is 10.0. The lowest BCUT2D eigenvalue weighted by Gasteiger charge is -2.34. The molecular formula is C20H30N4O3. The maximum absolute atomic E-state index is 12.3. The lowest BCUT2D eigenvalue weighted by Crippen LogP contribution is -2.51. The Kier molecular flexibility index (Phi) is 6.82. The highest BCUT2D eigenvalue weighted by molar-refractivity contribution is 5.95. The fourth-order valence-electron chi connectivity index (χ4n) is 2.77. The van der Waals surface area contributed by atoms with Gasteiger partial charge < -0.3 is 20.4 Å². The van der Waals surface area contributed by atoms with Crippen LogP contribution in [0.25, 0.3) is 0 Å². The second kappa shape index (κ2) is 8.88. The van der Waals surface area contributed by atoms with Crippen molar-refractivity contribution in [2.24, 2.45) is 0 Å². The Morgan fingerprint density at radius 3 is 2.07 bits per heavy atom. The average molecular weight is 374 g/mol. The van der Waals surface area contributed by atoms with Crippen LogP contribution in [0.3, 0.4) is 0 Å². The number of amides is 3. The Morgan fingerprint density at radius 2 is 1.56 bits per heavy atom. The van der Waals surface area contributed by atoms with Crippen LogP contribution in [0.4, 0.5) is 5.69 Å². The molecular weight excluding hydrogens is 344 g/mol. The van der Waals surface area contributed by atoms with Gasteiger partial charge in [0.1, 0.15) is 0 Å². The highest BCUT2D eigenvalue weighted by atomic mass is 16.2. The van der Waals surface area contributed by atoms with Crippen molar-refractivity contribution in [2.75, 3.05) is 38.0 Å². The van der Waals surface area contributed by atoms with Crippen molar-refractivity contribution in [3.8, 4) is 0 Å². The fourth-order valence-corrected chi connectivity index (χ4v) is 2.77. The number of piperazine rings is 1. The molecule has 2 rings (SSSR count). The molecule has 27 heavy (non-hydrogen) atoms. The highest BCUT2D eigenvalue weighted by Crippen LogP contribution is 2.13. The zero-order chi connectivity index (χ0) is 20.0. The standard InChI is InChI=1S/C20H30N4O3/c1-5-20(3,4)22-19(27)16-6-8-17(9-7-16)21-14-18(26)24-12-10-23(11-13-24)15(2)25/h6-9,21H,5,10-14H2,1-4H3,(H,22,27). The number of rotatable bonds is 6. The first-order chi connectivity index (χ1) is 12.7. The molecule has 0 aliphatic carbocycles. The van der Waals surface area contributed by atoms with Gasteiger partial charge in [-0.2, -0.15) is 0 Å². The van der Waals surface area contributed by atoms with Gasteiger partial charge >= 0.3 is 0 Å². The van der Waals surface area contributed by atoms with Crippen molar-refractivity contribution in [3.63, 3.8) is 0 Å². The monoisotopic (exact) mass is 374 g/mol. The number of hydrogen-bond donors (Lipinski definition) is 2. The Bertz CT molecular complexity index is 677. The number of carbonyl (C=O) groups is 3. The van der Waals surface area contributed by atoms with Crippen LogP contribution >= 0.6 is 0 Å². The minimum Gasteiger partial charge on any atom is -0.376 e. The van der Waals surface area contributed by atoms with Crippen LogP contribution in [-0.2, 0) is 9.59 Å². The van der Waals surface area contributed by atoms with E-state index in [4.69, 9.17) is 0 Å². The van der Waals surface area contributed by atoms with Gasteiger partial charge in [-0.15, -0.1) is 0 Å². The molecule has 0 unspecified atom stereocenters. The summed E-state index contributed by atoms with van der Waals surface area (Å²) in [7, 11) is 0. The third-order valence-electron chi connectivity index (χ3n) is 5.00. The molecule has 1 aromatic rings. The summed E-state index contributed by atoms with van der Waals surface area (Å²) in [6.07, 6.45) is 0.848. The van der Waals surface area contributed by atoms with Crippen molar-refractivity contribution in [1.29, 1.82) is 0 Å². The molecule has 148 valence electrons. The van der Waals surface area contributed by atoms with Gasteiger partial charge in [0, 0.05) is 49.9 Å². The third kappa shape index (κ3) is 5.98. The van der Waals surface area contributed by atoms with E-state index in [2.05, 4.69) is 10.6 Å². The zero-order valence-electron chi connectivity index (χ0n) is 16.7. The molecule has 1 aromatic carbocycles. The number of nitrogens with one attached hydrogen (secondary N) is 2. The van der Waals surface area contributed by atoms with Crippen LogP contribution < -0.4 is 10.6 Å². The zero-order valence-corrected chi connectivity index (χ0v) is 16.7. The first-order valence-electron chi connectivity index (χ1n) is 9.41. The van der Waals surface area contributed by atoms with Crippen molar-refractivity contribution in [1.82, 2.24) is 15.1 Å². The van der Waals surface area contributed by atoms with Crippen LogP contribution in [0.5, 0.6) is 0 Å². The Hall–Kier alpha value is -2.57. The second-order valence-electron chi connectivity index (χ2n) is 7.51. The van der Waals surface area contributed by atoms with Gasteiger partial charge in [0.2, 0.25) is 11.8 Å². The Morgan fingerprint density at radius 1 is 1.00 bits per heavy atom. The molecule has 3 amide bonds. The summed E-state index contributed by atoms with van der Waals surface area (Å²) in [5.41, 5.74) is 1.14. The molecule has 1 aliphatic heterocycles. The summed E-state index contributed by atoms with van der Waals surface area (Å²) >= 11 is 0. The average Bonchev–Trinajstić information content (AvgIpc) is 2.66. The normalized spacial score (nSPS) is 14.7. The quantitative estimate of drug-likeness (QED) is 0.794. The summed E-state index contributed by atoms with van der Waals surface area (Å²) in [6, 6.07) is 7.10. The summed E-state index contributed by atoms with van der Waals surface area (Å²) in [5, 5.41) is 6.10.